The predicted octanol–water partition coefficient (Wildman–Crippen LogP) is 1.44. The quantitative estimate of drug-likeness (QED) is 0.781. The topological polar surface area (TPSA) is 41.1 Å². The van der Waals surface area contributed by atoms with Crippen LogP contribution in [0.5, 0.6) is 0 Å². The van der Waals surface area contributed by atoms with E-state index in [2.05, 4.69) is 5.32 Å². The summed E-state index contributed by atoms with van der Waals surface area (Å²) in [7, 11) is 0. The van der Waals surface area contributed by atoms with Crippen LogP contribution in [0, 0.1) is 5.41 Å². The number of hydrogen-bond acceptors (Lipinski definition) is 2. The highest BCUT2D eigenvalue weighted by Gasteiger charge is 2.39. The summed E-state index contributed by atoms with van der Waals surface area (Å²) in [5, 5.41) is 5.09. The van der Waals surface area contributed by atoms with Gasteiger partial charge >= 0.3 is 6.18 Å². The zero-order chi connectivity index (χ0) is 12.2. The molecular weight excluding hydrogens is 221 g/mol. The van der Waals surface area contributed by atoms with Crippen molar-refractivity contribution in [2.24, 2.45) is 5.41 Å². The SMILES string of the molecule is CCC1(C(=O)NCC(F)(F)F)CCNCC1. The molecule has 3 nitrogen and oxygen atoms in total. The van der Waals surface area contributed by atoms with Gasteiger partial charge in [-0.25, -0.2) is 0 Å². The molecule has 1 saturated heterocycles. The molecule has 0 radical (unpaired) electrons. The highest BCUT2D eigenvalue weighted by atomic mass is 19.4. The molecule has 0 unspecified atom stereocenters. The number of carbonyl (C=O) groups is 1. The van der Waals surface area contributed by atoms with Crippen molar-refractivity contribution in [2.45, 2.75) is 32.4 Å². The van der Waals surface area contributed by atoms with Crippen molar-refractivity contribution >= 4 is 5.91 Å². The molecule has 1 heterocycles. The molecule has 16 heavy (non-hydrogen) atoms. The minimum absolute atomic E-state index is 0.464. The number of piperidine rings is 1. The fraction of sp³-hybridized carbons (Fsp3) is 0.900. The van der Waals surface area contributed by atoms with Crippen molar-refractivity contribution in [3.63, 3.8) is 0 Å². The molecule has 6 heteroatoms. The van der Waals surface area contributed by atoms with Gasteiger partial charge in [-0.05, 0) is 32.4 Å². The minimum Gasteiger partial charge on any atom is -0.347 e. The van der Waals surface area contributed by atoms with Gasteiger partial charge in [0.25, 0.3) is 0 Å². The van der Waals surface area contributed by atoms with Gasteiger partial charge in [0.1, 0.15) is 6.54 Å². The normalized spacial score (nSPS) is 20.5. The fourth-order valence-electron chi connectivity index (χ4n) is 2.01. The number of alkyl halides is 3. The summed E-state index contributed by atoms with van der Waals surface area (Å²) in [6.07, 6.45) is -2.55. The Morgan fingerprint density at radius 1 is 1.38 bits per heavy atom. The van der Waals surface area contributed by atoms with Gasteiger partial charge in [0.05, 0.1) is 5.41 Å². The maximum Gasteiger partial charge on any atom is 0.405 e. The molecule has 0 spiro atoms. The number of nitrogens with one attached hydrogen (secondary N) is 2. The summed E-state index contributed by atoms with van der Waals surface area (Å²) in [6.45, 7) is 1.99. The Labute approximate surface area is 92.8 Å². The number of halogens is 3. The van der Waals surface area contributed by atoms with Gasteiger partial charge in [-0.2, -0.15) is 13.2 Å². The van der Waals surface area contributed by atoms with Crippen LogP contribution in [0.4, 0.5) is 13.2 Å². The molecule has 0 aliphatic carbocycles. The number of amides is 1. The van der Waals surface area contributed by atoms with Gasteiger partial charge in [-0.1, -0.05) is 6.92 Å². The van der Waals surface area contributed by atoms with Gasteiger partial charge in [-0.15, -0.1) is 0 Å². The molecule has 0 aromatic rings. The van der Waals surface area contributed by atoms with Crippen molar-refractivity contribution in [2.75, 3.05) is 19.6 Å². The lowest BCUT2D eigenvalue weighted by Gasteiger charge is -2.35. The first-order valence-electron chi connectivity index (χ1n) is 5.45. The second-order valence-electron chi connectivity index (χ2n) is 4.18. The summed E-state index contributed by atoms with van der Waals surface area (Å²) in [4.78, 5) is 11.8. The van der Waals surface area contributed by atoms with Gasteiger partial charge in [0, 0.05) is 0 Å². The number of carbonyl (C=O) groups excluding carboxylic acids is 1. The average Bonchev–Trinajstić information content (AvgIpc) is 2.25. The Bertz CT molecular complexity index is 247. The van der Waals surface area contributed by atoms with Gasteiger partial charge in [0.2, 0.25) is 5.91 Å². The molecule has 1 aliphatic heterocycles. The molecule has 0 atom stereocenters. The third kappa shape index (κ3) is 3.37. The van der Waals surface area contributed by atoms with Crippen LogP contribution in [-0.2, 0) is 4.79 Å². The van der Waals surface area contributed by atoms with E-state index in [9.17, 15) is 18.0 Å². The second kappa shape index (κ2) is 5.03. The summed E-state index contributed by atoms with van der Waals surface area (Å²) in [5.41, 5.74) is -0.615. The second-order valence-corrected chi connectivity index (χ2v) is 4.18. The van der Waals surface area contributed by atoms with E-state index in [4.69, 9.17) is 0 Å². The molecule has 1 fully saturated rings. The number of rotatable bonds is 3. The smallest absolute Gasteiger partial charge is 0.347 e. The highest BCUT2D eigenvalue weighted by Crippen LogP contribution is 2.32. The Hall–Kier alpha value is -0.780. The fourth-order valence-corrected chi connectivity index (χ4v) is 2.01. The van der Waals surface area contributed by atoms with E-state index in [0.717, 1.165) is 0 Å². The van der Waals surface area contributed by atoms with Gasteiger partial charge in [-0.3, -0.25) is 4.79 Å². The largest absolute Gasteiger partial charge is 0.405 e. The monoisotopic (exact) mass is 238 g/mol. The molecule has 0 aromatic heterocycles. The number of hydrogen-bond donors (Lipinski definition) is 2. The Morgan fingerprint density at radius 3 is 2.38 bits per heavy atom. The Kier molecular flexibility index (Phi) is 4.18. The van der Waals surface area contributed by atoms with E-state index in [1.807, 2.05) is 12.2 Å². The first-order valence-corrected chi connectivity index (χ1v) is 5.45. The molecule has 0 aromatic carbocycles. The maximum atomic E-state index is 12.0. The lowest BCUT2D eigenvalue weighted by molar-refractivity contribution is -0.146. The summed E-state index contributed by atoms with van der Waals surface area (Å²) in [5.74, 6) is -0.464. The zero-order valence-corrected chi connectivity index (χ0v) is 9.28. The summed E-state index contributed by atoms with van der Waals surface area (Å²) >= 11 is 0. The predicted molar refractivity (Wildman–Crippen MR) is 53.9 cm³/mol. The van der Waals surface area contributed by atoms with E-state index in [0.29, 0.717) is 32.4 Å². The molecule has 1 amide bonds. The van der Waals surface area contributed by atoms with Gasteiger partial charge in [0.15, 0.2) is 0 Å². The van der Waals surface area contributed by atoms with Crippen LogP contribution in [0.1, 0.15) is 26.2 Å². The van der Waals surface area contributed by atoms with Crippen LogP contribution in [0.3, 0.4) is 0 Å². The van der Waals surface area contributed by atoms with E-state index >= 15 is 0 Å². The van der Waals surface area contributed by atoms with E-state index < -0.39 is 24.0 Å². The van der Waals surface area contributed by atoms with Crippen molar-refractivity contribution in [1.29, 1.82) is 0 Å². The third-order valence-electron chi connectivity index (χ3n) is 3.17. The summed E-state index contributed by atoms with van der Waals surface area (Å²) in [6, 6.07) is 0. The molecule has 1 rings (SSSR count). The van der Waals surface area contributed by atoms with Crippen LogP contribution in [-0.4, -0.2) is 31.7 Å². The van der Waals surface area contributed by atoms with E-state index in [1.165, 1.54) is 0 Å². The molecule has 2 N–H and O–H groups in total. The first-order chi connectivity index (χ1) is 7.40. The van der Waals surface area contributed by atoms with Crippen LogP contribution in [0.15, 0.2) is 0 Å². The minimum atomic E-state index is -4.34. The van der Waals surface area contributed by atoms with Crippen LogP contribution in [0.2, 0.25) is 0 Å². The molecule has 0 bridgehead atoms. The molecule has 94 valence electrons. The van der Waals surface area contributed by atoms with Crippen LogP contribution < -0.4 is 10.6 Å². The van der Waals surface area contributed by atoms with Crippen molar-refractivity contribution in [3.8, 4) is 0 Å². The van der Waals surface area contributed by atoms with Crippen LogP contribution >= 0.6 is 0 Å². The van der Waals surface area contributed by atoms with Crippen molar-refractivity contribution < 1.29 is 18.0 Å². The lowest BCUT2D eigenvalue weighted by Crippen LogP contribution is -2.49. The molecular formula is C10H17F3N2O. The average molecular weight is 238 g/mol. The third-order valence-corrected chi connectivity index (χ3v) is 3.17. The first kappa shape index (κ1) is 13.3. The van der Waals surface area contributed by atoms with E-state index in [-0.39, 0.29) is 0 Å². The maximum absolute atomic E-state index is 12.0. The Balaban J connectivity index is 2.55. The highest BCUT2D eigenvalue weighted by molar-refractivity contribution is 5.82. The zero-order valence-electron chi connectivity index (χ0n) is 9.28. The molecule has 0 saturated carbocycles. The summed E-state index contributed by atoms with van der Waals surface area (Å²) < 4.78 is 36.0. The van der Waals surface area contributed by atoms with Crippen LogP contribution in [0.25, 0.3) is 0 Å². The Morgan fingerprint density at radius 2 is 1.94 bits per heavy atom. The van der Waals surface area contributed by atoms with Gasteiger partial charge < -0.3 is 10.6 Å². The molecule has 1 aliphatic rings. The van der Waals surface area contributed by atoms with Crippen molar-refractivity contribution in [1.82, 2.24) is 10.6 Å². The standard InChI is InChI=1S/C10H17F3N2O/c1-2-9(3-5-14-6-4-9)8(16)15-7-10(11,12)13/h14H,2-7H2,1H3,(H,15,16). The lowest BCUT2D eigenvalue weighted by atomic mass is 9.76. The van der Waals surface area contributed by atoms with E-state index in [1.54, 1.807) is 0 Å². The van der Waals surface area contributed by atoms with Crippen molar-refractivity contribution in [3.05, 3.63) is 0 Å².